The van der Waals surface area contributed by atoms with Crippen molar-refractivity contribution in [3.63, 3.8) is 0 Å². The first kappa shape index (κ1) is 29.5. The Morgan fingerprint density at radius 1 is 1.07 bits per heavy atom. The van der Waals surface area contributed by atoms with Crippen molar-refractivity contribution in [2.24, 2.45) is 4.99 Å². The molecule has 218 valence electrons. The zero-order valence-corrected chi connectivity index (χ0v) is 23.8. The van der Waals surface area contributed by atoms with Crippen molar-refractivity contribution in [1.29, 1.82) is 0 Å². The fourth-order valence-electron chi connectivity index (χ4n) is 4.08. The number of carbonyl (C=O) groups is 2. The summed E-state index contributed by atoms with van der Waals surface area (Å²) >= 11 is 0. The lowest BCUT2D eigenvalue weighted by atomic mass is 10.1. The molecular formula is C29H38N8O4. The summed E-state index contributed by atoms with van der Waals surface area (Å²) in [5, 5.41) is 21.0. The summed E-state index contributed by atoms with van der Waals surface area (Å²) in [6, 6.07) is 16.6. The normalized spacial score (nSPS) is 13.9. The molecule has 0 saturated carbocycles. The number of carbonyl (C=O) groups excluding carboxylic acids is 2. The van der Waals surface area contributed by atoms with Crippen LogP contribution in [0.4, 0.5) is 5.95 Å². The number of aliphatic imine (C=N–C) groups is 1. The largest absolute Gasteiger partial charge is 0.494 e. The van der Waals surface area contributed by atoms with Crippen LogP contribution in [0.1, 0.15) is 51.2 Å². The first-order valence-electron chi connectivity index (χ1n) is 13.8. The van der Waals surface area contributed by atoms with E-state index in [4.69, 9.17) is 9.47 Å². The lowest BCUT2D eigenvalue weighted by Crippen LogP contribution is -2.43. The number of nitrogens with one attached hydrogen (secondary N) is 3. The highest BCUT2D eigenvalue weighted by molar-refractivity contribution is 5.97. The predicted octanol–water partition coefficient (Wildman–Crippen LogP) is 2.71. The van der Waals surface area contributed by atoms with E-state index in [9.17, 15) is 9.59 Å². The smallest absolute Gasteiger partial charge is 0.329 e. The Labute approximate surface area is 239 Å². The summed E-state index contributed by atoms with van der Waals surface area (Å²) in [5.41, 5.74) is 1.29. The summed E-state index contributed by atoms with van der Waals surface area (Å²) < 4.78 is 13.1. The minimum atomic E-state index is -0.719. The number of nitrogens with zero attached hydrogens (tertiary/aromatic N) is 5. The average molecular weight is 563 g/mol. The summed E-state index contributed by atoms with van der Waals surface area (Å²) in [6.07, 6.45) is 2.24. The maximum absolute atomic E-state index is 13.2. The van der Waals surface area contributed by atoms with E-state index in [1.165, 1.54) is 0 Å². The van der Waals surface area contributed by atoms with Gasteiger partial charge in [0, 0.05) is 25.9 Å². The minimum absolute atomic E-state index is 0.0902. The number of hydrogen-bond donors (Lipinski definition) is 3. The van der Waals surface area contributed by atoms with Crippen LogP contribution in [0.3, 0.4) is 0 Å². The second kappa shape index (κ2) is 14.2. The molecule has 3 aromatic rings. The van der Waals surface area contributed by atoms with Crippen LogP contribution in [0.5, 0.6) is 5.75 Å². The van der Waals surface area contributed by atoms with Gasteiger partial charge in [0.1, 0.15) is 17.4 Å². The minimum Gasteiger partial charge on any atom is -0.494 e. The molecular weight excluding hydrogens is 524 g/mol. The van der Waals surface area contributed by atoms with Crippen molar-refractivity contribution in [2.45, 2.75) is 64.6 Å². The molecule has 41 heavy (non-hydrogen) atoms. The summed E-state index contributed by atoms with van der Waals surface area (Å²) in [4.78, 5) is 29.5. The molecule has 0 aliphatic carbocycles. The molecule has 0 bridgehead atoms. The van der Waals surface area contributed by atoms with Gasteiger partial charge >= 0.3 is 5.97 Å². The van der Waals surface area contributed by atoms with Crippen molar-refractivity contribution in [3.8, 4) is 5.75 Å². The number of esters is 1. The van der Waals surface area contributed by atoms with Gasteiger partial charge in [0.25, 0.3) is 0 Å². The topological polar surface area (TPSA) is 145 Å². The molecule has 0 fully saturated rings. The molecule has 4 rings (SSSR count). The molecule has 0 radical (unpaired) electrons. The Balaban J connectivity index is 1.32. The van der Waals surface area contributed by atoms with Gasteiger partial charge in [-0.1, -0.05) is 47.6 Å². The van der Waals surface area contributed by atoms with Crippen LogP contribution >= 0.6 is 0 Å². The fourth-order valence-corrected chi connectivity index (χ4v) is 4.08. The van der Waals surface area contributed by atoms with E-state index >= 15 is 0 Å². The van der Waals surface area contributed by atoms with Crippen LogP contribution in [0.2, 0.25) is 0 Å². The van der Waals surface area contributed by atoms with Crippen LogP contribution in [-0.2, 0) is 27.3 Å². The number of anilines is 1. The zero-order chi connectivity index (χ0) is 29.1. The molecule has 1 aromatic heterocycles. The number of hydrogen-bond acceptors (Lipinski definition) is 10. The van der Waals surface area contributed by atoms with E-state index in [0.29, 0.717) is 50.1 Å². The monoisotopic (exact) mass is 562 g/mol. The Morgan fingerprint density at radius 3 is 2.56 bits per heavy atom. The van der Waals surface area contributed by atoms with Crippen molar-refractivity contribution in [3.05, 3.63) is 65.7 Å². The van der Waals surface area contributed by atoms with Crippen LogP contribution in [-0.4, -0.2) is 69.4 Å². The molecule has 12 heteroatoms. The first-order chi connectivity index (χ1) is 19.7. The summed E-state index contributed by atoms with van der Waals surface area (Å²) in [6.45, 7) is 7.90. The van der Waals surface area contributed by atoms with Gasteiger partial charge in [0.15, 0.2) is 5.96 Å². The van der Waals surface area contributed by atoms with E-state index in [0.717, 1.165) is 30.6 Å². The number of rotatable bonds is 12. The van der Waals surface area contributed by atoms with Crippen LogP contribution < -0.4 is 20.7 Å². The number of amides is 1. The van der Waals surface area contributed by atoms with Crippen LogP contribution in [0.15, 0.2) is 59.6 Å². The Hall–Kier alpha value is -4.48. The van der Waals surface area contributed by atoms with Gasteiger partial charge in [-0.25, -0.2) is 9.48 Å². The van der Waals surface area contributed by atoms with E-state index < -0.39 is 17.6 Å². The molecule has 2 heterocycles. The third-order valence-corrected chi connectivity index (χ3v) is 6.04. The van der Waals surface area contributed by atoms with Gasteiger partial charge in [-0.3, -0.25) is 15.1 Å². The highest BCUT2D eigenvalue weighted by atomic mass is 16.6. The number of tetrazole rings is 1. The maximum Gasteiger partial charge on any atom is 0.329 e. The molecule has 0 spiro atoms. The third-order valence-electron chi connectivity index (χ3n) is 6.04. The molecule has 1 aliphatic heterocycles. The lowest BCUT2D eigenvalue weighted by molar-refractivity contribution is -0.155. The lowest BCUT2D eigenvalue weighted by Gasteiger charge is -2.25. The van der Waals surface area contributed by atoms with Crippen molar-refractivity contribution < 1.29 is 19.1 Å². The zero-order valence-electron chi connectivity index (χ0n) is 23.8. The van der Waals surface area contributed by atoms with Crippen molar-refractivity contribution in [2.75, 3.05) is 25.0 Å². The fraction of sp³-hybridized carbons (Fsp3) is 0.448. The third kappa shape index (κ3) is 9.89. The number of guanidine groups is 1. The number of benzene rings is 2. The molecule has 1 atom stereocenters. The van der Waals surface area contributed by atoms with Gasteiger partial charge in [-0.2, -0.15) is 0 Å². The van der Waals surface area contributed by atoms with Crippen LogP contribution in [0, 0.1) is 0 Å². The highest BCUT2D eigenvalue weighted by Crippen LogP contribution is 2.18. The Morgan fingerprint density at radius 2 is 1.85 bits per heavy atom. The standard InChI is InChI=1S/C29H38N8O4/c1-29(2,3)41-26(39)24(32-28-34-35-36-37(28)20-22-9-5-4-6-10-22)19-21-12-14-23(15-13-21)40-18-7-11-25(38)33-27-30-16-8-17-31-27/h4-6,9-10,12-15,24H,7-8,11,16-20H2,1-3H3,(H,32,34,36)(H2,30,31,33,38)/t24-/m0/s1. The second-order valence-corrected chi connectivity index (χ2v) is 10.7. The van der Waals surface area contributed by atoms with Gasteiger partial charge in [-0.15, -0.1) is 0 Å². The Kier molecular flexibility index (Phi) is 10.2. The highest BCUT2D eigenvalue weighted by Gasteiger charge is 2.27. The van der Waals surface area contributed by atoms with E-state index in [2.05, 4.69) is 36.5 Å². The molecule has 1 amide bonds. The molecule has 0 unspecified atom stereocenters. The average Bonchev–Trinajstić information content (AvgIpc) is 3.38. The molecule has 3 N–H and O–H groups in total. The van der Waals surface area contributed by atoms with E-state index in [1.807, 2.05) is 75.4 Å². The quantitative estimate of drug-likeness (QED) is 0.224. The van der Waals surface area contributed by atoms with Gasteiger partial charge in [0.2, 0.25) is 11.9 Å². The summed E-state index contributed by atoms with van der Waals surface area (Å²) in [7, 11) is 0. The first-order valence-corrected chi connectivity index (χ1v) is 13.8. The van der Waals surface area contributed by atoms with Crippen LogP contribution in [0.25, 0.3) is 0 Å². The van der Waals surface area contributed by atoms with E-state index in [1.54, 1.807) is 4.68 Å². The predicted molar refractivity (Wildman–Crippen MR) is 155 cm³/mol. The molecule has 2 aromatic carbocycles. The van der Waals surface area contributed by atoms with Gasteiger partial charge < -0.3 is 20.1 Å². The number of ether oxygens (including phenoxy) is 2. The molecule has 1 aliphatic rings. The Bertz CT molecular complexity index is 1300. The maximum atomic E-state index is 13.2. The van der Waals surface area contributed by atoms with Crippen molar-refractivity contribution >= 4 is 23.8 Å². The van der Waals surface area contributed by atoms with Gasteiger partial charge in [0.05, 0.1) is 13.2 Å². The summed E-state index contributed by atoms with van der Waals surface area (Å²) in [5.74, 6) is 1.11. The second-order valence-electron chi connectivity index (χ2n) is 10.7. The van der Waals surface area contributed by atoms with Gasteiger partial charge in [-0.05, 0) is 67.3 Å². The SMILES string of the molecule is CC(C)(C)OC(=O)[C@H](Cc1ccc(OCCCC(=O)NC2=NCCCN2)cc1)Nc1nnnn1Cc1ccccc1. The molecule has 0 saturated heterocycles. The van der Waals surface area contributed by atoms with E-state index in [-0.39, 0.29) is 5.91 Å². The number of aromatic nitrogens is 4. The molecule has 12 nitrogen and oxygen atoms in total. The van der Waals surface area contributed by atoms with Crippen molar-refractivity contribution in [1.82, 2.24) is 30.8 Å².